The van der Waals surface area contributed by atoms with Crippen molar-refractivity contribution < 1.29 is 28.2 Å². The Labute approximate surface area is 85.7 Å². The number of carboxylic acids is 2. The second-order valence-corrected chi connectivity index (χ2v) is 3.59. The first-order valence-electron chi connectivity index (χ1n) is 3.76. The lowest BCUT2D eigenvalue weighted by molar-refractivity contribution is -0.137. The molecule has 1 atom stereocenters. The monoisotopic (exact) mass is 230 g/mol. The van der Waals surface area contributed by atoms with Crippen molar-refractivity contribution in [1.29, 1.82) is 0 Å². The van der Waals surface area contributed by atoms with Crippen LogP contribution in [0.5, 0.6) is 0 Å². The first kappa shape index (κ1) is 11.2. The molecule has 0 amide bonds. The van der Waals surface area contributed by atoms with Gasteiger partial charge in [0.1, 0.15) is 10.8 Å². The van der Waals surface area contributed by atoms with E-state index in [1.165, 1.54) is 6.08 Å². The van der Waals surface area contributed by atoms with Crippen molar-refractivity contribution in [2.45, 2.75) is 0 Å². The molecule has 0 aliphatic heterocycles. The van der Waals surface area contributed by atoms with Crippen LogP contribution in [0.3, 0.4) is 0 Å². The largest absolute Gasteiger partial charge is 0.481 e. The summed E-state index contributed by atoms with van der Waals surface area (Å²) in [5.41, 5.74) is -0.516. The van der Waals surface area contributed by atoms with Crippen LogP contribution in [0.2, 0.25) is 0 Å². The van der Waals surface area contributed by atoms with Crippen molar-refractivity contribution in [1.82, 2.24) is 0 Å². The van der Waals surface area contributed by atoms with Crippen LogP contribution in [0.1, 0.15) is 0 Å². The van der Waals surface area contributed by atoms with Crippen molar-refractivity contribution >= 4 is 27.1 Å². The van der Waals surface area contributed by atoms with Crippen LogP contribution in [0.25, 0.3) is 0 Å². The van der Waals surface area contributed by atoms with Crippen molar-refractivity contribution in [2.75, 3.05) is 0 Å². The van der Waals surface area contributed by atoms with E-state index in [9.17, 15) is 18.0 Å². The molecule has 1 unspecified atom stereocenters. The average Bonchev–Trinajstić information content (AvgIpc) is 2.16. The Kier molecular flexibility index (Phi) is 3.05. The normalized spacial score (nSPS) is 19.6. The van der Waals surface area contributed by atoms with E-state index in [1.54, 1.807) is 0 Å². The minimum atomic E-state index is -2.87. The Balaban J connectivity index is 3.41. The van der Waals surface area contributed by atoms with Gasteiger partial charge in [-0.05, 0) is 6.08 Å². The van der Waals surface area contributed by atoms with Crippen molar-refractivity contribution in [3.8, 4) is 0 Å². The molecule has 0 heterocycles. The Morgan fingerprint density at radius 3 is 2.27 bits per heavy atom. The summed E-state index contributed by atoms with van der Waals surface area (Å²) in [5, 5.41) is 17.4. The predicted octanol–water partition coefficient (Wildman–Crippen LogP) is -0.680. The van der Waals surface area contributed by atoms with E-state index in [1.807, 2.05) is 0 Å². The fourth-order valence-electron chi connectivity index (χ4n) is 1.16. The molecular weight excluding hydrogens is 224 g/mol. The summed E-state index contributed by atoms with van der Waals surface area (Å²) >= 11 is 0. The number of carboxylic acid groups (broad SMARTS) is 2. The molecule has 80 valence electrons. The van der Waals surface area contributed by atoms with Gasteiger partial charge in [-0.15, -0.1) is 0 Å². The van der Waals surface area contributed by atoms with E-state index in [0.717, 1.165) is 12.2 Å². The van der Waals surface area contributed by atoms with Crippen LogP contribution in [0.15, 0.2) is 23.8 Å². The van der Waals surface area contributed by atoms with E-state index in [0.29, 0.717) is 0 Å². The smallest absolute Gasteiger partial charge is 0.337 e. The minimum Gasteiger partial charge on any atom is -0.481 e. The Morgan fingerprint density at radius 1 is 1.27 bits per heavy atom. The van der Waals surface area contributed by atoms with Gasteiger partial charge in [-0.25, -0.2) is 4.79 Å². The Morgan fingerprint density at radius 2 is 1.87 bits per heavy atom. The van der Waals surface area contributed by atoms with Crippen LogP contribution in [0, 0.1) is 5.92 Å². The maximum Gasteiger partial charge on any atom is 0.337 e. The van der Waals surface area contributed by atoms with Crippen LogP contribution >= 0.6 is 0 Å². The summed E-state index contributed by atoms with van der Waals surface area (Å²) in [6, 6.07) is 0. The van der Waals surface area contributed by atoms with E-state index in [4.69, 9.17) is 10.2 Å². The van der Waals surface area contributed by atoms with Gasteiger partial charge < -0.3 is 10.2 Å². The van der Waals surface area contributed by atoms with Gasteiger partial charge in [0.2, 0.25) is 10.3 Å². The van der Waals surface area contributed by atoms with E-state index >= 15 is 0 Å². The fraction of sp³-hybridized carbons (Fsp3) is 0.125. The molecule has 0 saturated carbocycles. The Bertz CT molecular complexity index is 499. The number of allylic oxidation sites excluding steroid dienone is 2. The van der Waals surface area contributed by atoms with Gasteiger partial charge in [-0.2, -0.15) is 8.42 Å². The highest BCUT2D eigenvalue weighted by Gasteiger charge is 2.30. The van der Waals surface area contributed by atoms with Gasteiger partial charge in [0, 0.05) is 0 Å². The van der Waals surface area contributed by atoms with E-state index < -0.39 is 38.6 Å². The number of aliphatic carboxylic acids is 2. The van der Waals surface area contributed by atoms with E-state index in [2.05, 4.69) is 0 Å². The lowest BCUT2D eigenvalue weighted by atomic mass is 9.94. The molecule has 7 heteroatoms. The van der Waals surface area contributed by atoms with Gasteiger partial charge in [0.25, 0.3) is 0 Å². The second kappa shape index (κ2) is 4.09. The van der Waals surface area contributed by atoms with Gasteiger partial charge in [0.05, 0.1) is 5.57 Å². The zero-order valence-corrected chi connectivity index (χ0v) is 8.06. The molecule has 2 N–H and O–H groups in total. The summed E-state index contributed by atoms with van der Waals surface area (Å²) in [5.74, 6) is -4.30. The highest BCUT2D eigenvalue weighted by Crippen LogP contribution is 2.16. The van der Waals surface area contributed by atoms with Crippen molar-refractivity contribution in [3.63, 3.8) is 0 Å². The third-order valence-corrected chi connectivity index (χ3v) is 2.62. The molecule has 1 aliphatic carbocycles. The molecule has 15 heavy (non-hydrogen) atoms. The molecule has 1 rings (SSSR count). The Hall–Kier alpha value is -1.89. The third-order valence-electron chi connectivity index (χ3n) is 1.79. The van der Waals surface area contributed by atoms with Crippen LogP contribution in [0.4, 0.5) is 0 Å². The molecule has 0 bridgehead atoms. The first-order valence-corrected chi connectivity index (χ1v) is 4.83. The fourth-order valence-corrected chi connectivity index (χ4v) is 1.89. The summed E-state index contributed by atoms with van der Waals surface area (Å²) in [7, 11) is -2.87. The van der Waals surface area contributed by atoms with Gasteiger partial charge >= 0.3 is 11.9 Å². The molecule has 0 aromatic rings. The standard InChI is InChI=1S/C8H6O6S/c9-7(10)4-2-1-3-5(8(11)12)6(4)15(13)14/h1-4H,(H,9,10)(H,11,12). The number of hydrogen-bond donors (Lipinski definition) is 2. The molecule has 0 aromatic heterocycles. The zero-order valence-electron chi connectivity index (χ0n) is 7.25. The summed E-state index contributed by atoms with van der Waals surface area (Å²) in [6.45, 7) is 0. The lowest BCUT2D eigenvalue weighted by Gasteiger charge is -2.12. The van der Waals surface area contributed by atoms with Gasteiger partial charge in [-0.1, -0.05) is 12.2 Å². The lowest BCUT2D eigenvalue weighted by Crippen LogP contribution is -2.29. The molecule has 1 aliphatic rings. The first-order chi connectivity index (χ1) is 6.95. The SMILES string of the molecule is O=C(O)C1=CC=CC(C(=O)O)C1=S(=O)=O. The molecule has 0 fully saturated rings. The summed E-state index contributed by atoms with van der Waals surface area (Å²) in [6.07, 6.45) is 3.37. The molecule has 0 radical (unpaired) electrons. The van der Waals surface area contributed by atoms with Crippen LogP contribution < -0.4 is 0 Å². The van der Waals surface area contributed by atoms with Crippen LogP contribution in [-0.2, 0) is 19.9 Å². The highest BCUT2D eigenvalue weighted by atomic mass is 32.2. The van der Waals surface area contributed by atoms with Gasteiger partial charge in [0.15, 0.2) is 0 Å². The van der Waals surface area contributed by atoms with Crippen LogP contribution in [-0.4, -0.2) is 35.4 Å². The predicted molar refractivity (Wildman–Crippen MR) is 49.9 cm³/mol. The quantitative estimate of drug-likeness (QED) is 0.608. The van der Waals surface area contributed by atoms with Crippen molar-refractivity contribution in [2.24, 2.45) is 5.92 Å². The zero-order chi connectivity index (χ0) is 11.6. The molecule has 0 saturated heterocycles. The van der Waals surface area contributed by atoms with E-state index in [-0.39, 0.29) is 0 Å². The average molecular weight is 230 g/mol. The third kappa shape index (κ3) is 2.13. The number of carbonyl (C=O) groups is 2. The maximum absolute atomic E-state index is 10.7. The second-order valence-electron chi connectivity index (χ2n) is 2.69. The minimum absolute atomic E-state index is 0.516. The molecule has 0 aromatic carbocycles. The summed E-state index contributed by atoms with van der Waals surface area (Å²) in [4.78, 5) is 20.7. The highest BCUT2D eigenvalue weighted by molar-refractivity contribution is 7.73. The molecule has 0 spiro atoms. The topological polar surface area (TPSA) is 109 Å². The molecular formula is C8H6O6S. The van der Waals surface area contributed by atoms with Gasteiger partial charge in [-0.3, -0.25) is 4.79 Å². The molecule has 6 nitrogen and oxygen atoms in total. The number of hydrogen-bond acceptors (Lipinski definition) is 4. The maximum atomic E-state index is 10.7. The van der Waals surface area contributed by atoms with Crippen molar-refractivity contribution in [3.05, 3.63) is 23.8 Å². The number of rotatable bonds is 2. The summed E-state index contributed by atoms with van der Waals surface area (Å²) < 4.78 is 21.5.